The van der Waals surface area contributed by atoms with E-state index >= 15 is 0 Å². The number of hydrogen-bond acceptors (Lipinski definition) is 6. The van der Waals surface area contributed by atoms with Crippen LogP contribution in [-0.2, 0) is 36.5 Å². The Hall–Kier alpha value is -5.18. The number of phenolic OH excluding ortho intramolecular Hbond substituents is 2. The van der Waals surface area contributed by atoms with Gasteiger partial charge in [0.15, 0.2) is 0 Å². The lowest BCUT2D eigenvalue weighted by molar-refractivity contribution is 0.311. The number of ether oxygens (including phenoxy) is 2. The van der Waals surface area contributed by atoms with Crippen LogP contribution in [0.25, 0.3) is 0 Å². The molecule has 64 heavy (non-hydrogen) atoms. The average molecular weight is 985 g/mol. The predicted molar refractivity (Wildman–Crippen MR) is 272 cm³/mol. The Balaban J connectivity index is 1.52. The Morgan fingerprint density at radius 1 is 0.484 bits per heavy atom. The predicted octanol–water partition coefficient (Wildman–Crippen LogP) is 15.0. The number of aromatic hydroxyl groups is 2. The van der Waals surface area contributed by atoms with Crippen LogP contribution < -0.4 is 9.47 Å². The molecule has 6 aromatic rings. The Labute approximate surface area is 396 Å². The molecule has 8 heteroatoms. The molecule has 0 spiro atoms. The summed E-state index contributed by atoms with van der Waals surface area (Å²) < 4.78 is 15.5. The van der Waals surface area contributed by atoms with Gasteiger partial charge in [0.05, 0.1) is 24.6 Å². The van der Waals surface area contributed by atoms with Gasteiger partial charge in [0.25, 0.3) is 0 Å². The molecule has 6 nitrogen and oxygen atoms in total. The van der Waals surface area contributed by atoms with E-state index in [2.05, 4.69) is 112 Å². The van der Waals surface area contributed by atoms with Crippen LogP contribution in [0.1, 0.15) is 135 Å². The fourth-order valence-electron chi connectivity index (χ4n) is 8.07. The molecule has 0 heterocycles. The van der Waals surface area contributed by atoms with Gasteiger partial charge in [-0.2, -0.15) is 0 Å². The van der Waals surface area contributed by atoms with Crippen molar-refractivity contribution in [2.75, 3.05) is 13.2 Å². The van der Waals surface area contributed by atoms with Gasteiger partial charge in [-0.15, -0.1) is 0 Å². The van der Waals surface area contributed by atoms with Gasteiger partial charge >= 0.3 is 0 Å². The van der Waals surface area contributed by atoms with Gasteiger partial charge in [-0.05, 0) is 117 Å². The van der Waals surface area contributed by atoms with Crippen molar-refractivity contribution in [3.8, 4) is 23.0 Å². The van der Waals surface area contributed by atoms with E-state index in [1.807, 2.05) is 85.2 Å². The molecular formula is C56H60Br2N2O4. The van der Waals surface area contributed by atoms with Crippen LogP contribution in [0.5, 0.6) is 23.0 Å². The summed E-state index contributed by atoms with van der Waals surface area (Å²) in [6, 6.07) is 33.1. The van der Waals surface area contributed by atoms with Crippen molar-refractivity contribution in [2.45, 2.75) is 105 Å². The summed E-state index contributed by atoms with van der Waals surface area (Å²) in [5.41, 5.74) is 12.2. The SMILES string of the molecule is CCCOc1c2cc(C(C)(C)C)cc1Cc1cc(N=Cc3ccc(Br)cc3)cc(c1O)Cc1cc(C(C)(C)C)cc(c1OCCC)Cc1cc(N=Cc3ccc(Br)cc3)cc(c1O)C2. The minimum Gasteiger partial charge on any atom is -0.507 e. The molecule has 0 amide bonds. The van der Waals surface area contributed by atoms with E-state index < -0.39 is 0 Å². The number of hydrogen-bond donors (Lipinski definition) is 2. The van der Waals surface area contributed by atoms with Gasteiger partial charge in [-0.1, -0.05) is 136 Å². The molecular weight excluding hydrogens is 924 g/mol. The molecule has 1 aliphatic carbocycles. The first-order chi connectivity index (χ1) is 30.5. The highest BCUT2D eigenvalue weighted by atomic mass is 79.9. The van der Waals surface area contributed by atoms with Crippen LogP contribution >= 0.6 is 31.9 Å². The molecule has 0 saturated carbocycles. The van der Waals surface area contributed by atoms with Crippen LogP contribution in [-0.4, -0.2) is 35.9 Å². The number of rotatable bonds is 10. The monoisotopic (exact) mass is 982 g/mol. The number of phenols is 2. The second-order valence-corrected chi connectivity index (χ2v) is 20.8. The zero-order valence-corrected chi connectivity index (χ0v) is 41.6. The molecule has 0 saturated heterocycles. The van der Waals surface area contributed by atoms with Crippen molar-refractivity contribution in [1.82, 2.24) is 0 Å². The van der Waals surface area contributed by atoms with E-state index in [4.69, 9.17) is 19.5 Å². The Morgan fingerprint density at radius 2 is 0.781 bits per heavy atom. The van der Waals surface area contributed by atoms with Gasteiger partial charge < -0.3 is 19.7 Å². The Bertz CT molecular complexity index is 2400. The van der Waals surface area contributed by atoms with Crippen molar-refractivity contribution in [3.63, 3.8) is 0 Å². The van der Waals surface area contributed by atoms with Crippen LogP contribution in [0.15, 0.2) is 116 Å². The van der Waals surface area contributed by atoms with E-state index in [0.29, 0.717) is 38.9 Å². The fraction of sp³-hybridized carbons (Fsp3) is 0.321. The van der Waals surface area contributed by atoms with Crippen molar-refractivity contribution in [3.05, 3.63) is 173 Å². The topological polar surface area (TPSA) is 83.6 Å². The maximum atomic E-state index is 12.5. The normalized spacial score (nSPS) is 13.2. The van der Waals surface area contributed by atoms with Crippen molar-refractivity contribution in [2.24, 2.45) is 9.98 Å². The van der Waals surface area contributed by atoms with E-state index in [9.17, 15) is 10.2 Å². The van der Waals surface area contributed by atoms with E-state index in [-0.39, 0.29) is 22.3 Å². The van der Waals surface area contributed by atoms with Crippen molar-refractivity contribution >= 4 is 55.7 Å². The number of benzene rings is 6. The first-order valence-electron chi connectivity index (χ1n) is 22.4. The van der Waals surface area contributed by atoms with Gasteiger partial charge in [0.1, 0.15) is 23.0 Å². The zero-order chi connectivity index (χ0) is 45.8. The summed E-state index contributed by atoms with van der Waals surface area (Å²) in [5.74, 6) is 2.01. The number of halogens is 2. The highest BCUT2D eigenvalue weighted by molar-refractivity contribution is 9.10. The van der Waals surface area contributed by atoms with Gasteiger partial charge in [-0.3, -0.25) is 9.98 Å². The molecule has 0 aromatic heterocycles. The lowest BCUT2D eigenvalue weighted by Gasteiger charge is -2.26. The summed E-state index contributed by atoms with van der Waals surface area (Å²) in [5, 5.41) is 25.0. The quantitative estimate of drug-likeness (QED) is 0.134. The summed E-state index contributed by atoms with van der Waals surface area (Å²) in [6.45, 7) is 18.5. The Kier molecular flexibility index (Phi) is 14.6. The molecule has 1 aliphatic rings. The summed E-state index contributed by atoms with van der Waals surface area (Å²) >= 11 is 7.11. The largest absolute Gasteiger partial charge is 0.507 e. The lowest BCUT2D eigenvalue weighted by atomic mass is 9.81. The summed E-state index contributed by atoms with van der Waals surface area (Å²) in [6.07, 6.45) is 6.99. The van der Waals surface area contributed by atoms with Crippen molar-refractivity contribution in [1.29, 1.82) is 0 Å². The molecule has 0 atom stereocenters. The third-order valence-corrected chi connectivity index (χ3v) is 12.7. The second kappa shape index (κ2) is 19.9. The zero-order valence-electron chi connectivity index (χ0n) is 38.4. The van der Waals surface area contributed by atoms with Crippen molar-refractivity contribution < 1.29 is 19.7 Å². The maximum absolute atomic E-state index is 12.5. The standard InChI is InChI=1S/C56H60Br2N2O4/c1-9-19-63-53-41-21-37-29-49(59-33-35-11-15-47(57)16-12-35)31-39(51(37)61)23-43-27-46(56(6,7)8)28-44(54(43)64-20-10-2)24-40-32-50(60-34-36-13-17-48(58)18-14-36)30-38(52(40)62)22-42(53)26-45(25-41)55(3,4)5/h11-18,25-34,61-62H,9-10,19-24H2,1-8H3. The molecule has 332 valence electrons. The van der Waals surface area contributed by atoms with Crippen LogP contribution in [0.3, 0.4) is 0 Å². The molecule has 0 fully saturated rings. The number of nitrogens with zero attached hydrogens (tertiary/aromatic N) is 2. The van der Waals surface area contributed by atoms with Crippen LogP contribution in [0.4, 0.5) is 11.4 Å². The van der Waals surface area contributed by atoms with Crippen LogP contribution in [0.2, 0.25) is 0 Å². The lowest BCUT2D eigenvalue weighted by Crippen LogP contribution is -2.15. The van der Waals surface area contributed by atoms with Gasteiger partial charge in [0.2, 0.25) is 0 Å². The first kappa shape index (κ1) is 46.8. The summed E-state index contributed by atoms with van der Waals surface area (Å²) in [4.78, 5) is 10.0. The highest BCUT2D eigenvalue weighted by Gasteiger charge is 2.26. The highest BCUT2D eigenvalue weighted by Crippen LogP contribution is 2.43. The minimum atomic E-state index is -0.204. The van der Waals surface area contributed by atoms with E-state index in [1.165, 1.54) is 0 Å². The number of aliphatic imine (C=N–C) groups is 2. The van der Waals surface area contributed by atoms with Gasteiger partial charge in [0, 0.05) is 69.3 Å². The molecule has 2 N–H and O–H groups in total. The molecule has 0 radical (unpaired) electrons. The molecule has 0 aliphatic heterocycles. The molecule has 0 unspecified atom stereocenters. The molecule has 6 aromatic carbocycles. The second-order valence-electron chi connectivity index (χ2n) is 19.0. The van der Waals surface area contributed by atoms with E-state index in [1.54, 1.807) is 0 Å². The maximum Gasteiger partial charge on any atom is 0.126 e. The van der Waals surface area contributed by atoms with Gasteiger partial charge in [-0.25, -0.2) is 0 Å². The van der Waals surface area contributed by atoms with E-state index in [0.717, 1.165) is 111 Å². The molecule has 8 bridgehead atoms. The van der Waals surface area contributed by atoms with Crippen LogP contribution in [0, 0.1) is 0 Å². The first-order valence-corrected chi connectivity index (χ1v) is 23.9. The summed E-state index contributed by atoms with van der Waals surface area (Å²) in [7, 11) is 0. The third-order valence-electron chi connectivity index (χ3n) is 11.6. The fourth-order valence-corrected chi connectivity index (χ4v) is 8.60. The minimum absolute atomic E-state index is 0.204. The molecule has 7 rings (SSSR count). The number of fused-ring (bicyclic) bond motifs is 8. The average Bonchev–Trinajstić information content (AvgIpc) is 3.24. The Morgan fingerprint density at radius 3 is 1.05 bits per heavy atom. The smallest absolute Gasteiger partial charge is 0.126 e. The third kappa shape index (κ3) is 11.4.